The molecule has 3 aromatic rings. The van der Waals surface area contributed by atoms with E-state index in [4.69, 9.17) is 11.6 Å². The van der Waals surface area contributed by atoms with Crippen LogP contribution < -0.4 is 15.4 Å². The Balaban J connectivity index is 1.28. The Labute approximate surface area is 203 Å². The van der Waals surface area contributed by atoms with E-state index < -0.39 is 0 Å². The zero-order valence-electron chi connectivity index (χ0n) is 19.6. The van der Waals surface area contributed by atoms with Gasteiger partial charge in [-0.1, -0.05) is 17.7 Å². The SMILES string of the molecule is Cc1ccc(Cl)cc1N1CCN(C(=O)[C@@H]2CCCN(c3nc4cccnc4n(C)c3=O)C2)CC1. The minimum Gasteiger partial charge on any atom is -0.368 e. The van der Waals surface area contributed by atoms with Crippen LogP contribution in [0, 0.1) is 12.8 Å². The fourth-order valence-corrected chi connectivity index (χ4v) is 5.23. The third-order valence-corrected chi connectivity index (χ3v) is 7.21. The number of anilines is 2. The lowest BCUT2D eigenvalue weighted by molar-refractivity contribution is -0.136. The molecule has 0 aliphatic carbocycles. The second-order valence-electron chi connectivity index (χ2n) is 9.17. The van der Waals surface area contributed by atoms with Gasteiger partial charge in [-0.25, -0.2) is 9.97 Å². The fourth-order valence-electron chi connectivity index (χ4n) is 5.07. The molecule has 2 fully saturated rings. The van der Waals surface area contributed by atoms with Crippen LogP contribution in [0.2, 0.25) is 5.02 Å². The number of aryl methyl sites for hydroxylation is 2. The normalized spacial score (nSPS) is 19.0. The Morgan fingerprint density at radius 1 is 1.09 bits per heavy atom. The third-order valence-electron chi connectivity index (χ3n) is 6.98. The first-order valence-corrected chi connectivity index (χ1v) is 12.2. The molecule has 2 aliphatic heterocycles. The first-order chi connectivity index (χ1) is 16.4. The van der Waals surface area contributed by atoms with Gasteiger partial charge in [0, 0.05) is 63.2 Å². The van der Waals surface area contributed by atoms with Crippen molar-refractivity contribution in [3.05, 3.63) is 57.5 Å². The van der Waals surface area contributed by atoms with Gasteiger partial charge in [-0.3, -0.25) is 14.2 Å². The van der Waals surface area contributed by atoms with Crippen LogP contribution in [0.3, 0.4) is 0 Å². The van der Waals surface area contributed by atoms with Crippen molar-refractivity contribution < 1.29 is 4.79 Å². The van der Waals surface area contributed by atoms with Crippen molar-refractivity contribution in [3.8, 4) is 0 Å². The third kappa shape index (κ3) is 4.22. The molecule has 0 radical (unpaired) electrons. The van der Waals surface area contributed by atoms with Crippen molar-refractivity contribution in [2.45, 2.75) is 19.8 Å². The van der Waals surface area contributed by atoms with Gasteiger partial charge in [-0.2, -0.15) is 0 Å². The maximum atomic E-state index is 13.4. The molecule has 0 spiro atoms. The molecule has 1 atom stereocenters. The second kappa shape index (κ2) is 9.25. The van der Waals surface area contributed by atoms with E-state index in [0.29, 0.717) is 36.6 Å². The molecule has 5 rings (SSSR count). The Bertz CT molecular complexity index is 1280. The quantitative estimate of drug-likeness (QED) is 0.574. The highest BCUT2D eigenvalue weighted by molar-refractivity contribution is 6.30. The van der Waals surface area contributed by atoms with Gasteiger partial charge in [-0.05, 0) is 49.6 Å². The fraction of sp³-hybridized carbons (Fsp3) is 0.440. The summed E-state index contributed by atoms with van der Waals surface area (Å²) in [6.45, 7) is 6.25. The number of benzene rings is 1. The average molecular weight is 481 g/mol. The number of amides is 1. The summed E-state index contributed by atoms with van der Waals surface area (Å²) in [5.41, 5.74) is 3.39. The minimum absolute atomic E-state index is 0.135. The van der Waals surface area contributed by atoms with E-state index in [-0.39, 0.29) is 17.4 Å². The van der Waals surface area contributed by atoms with Crippen molar-refractivity contribution in [2.75, 3.05) is 49.1 Å². The van der Waals surface area contributed by atoms with Gasteiger partial charge < -0.3 is 14.7 Å². The summed E-state index contributed by atoms with van der Waals surface area (Å²) in [5, 5.41) is 0.727. The van der Waals surface area contributed by atoms with Crippen LogP contribution in [0.5, 0.6) is 0 Å². The summed E-state index contributed by atoms with van der Waals surface area (Å²) >= 11 is 6.21. The van der Waals surface area contributed by atoms with Gasteiger partial charge >= 0.3 is 0 Å². The van der Waals surface area contributed by atoms with Crippen molar-refractivity contribution in [1.82, 2.24) is 19.4 Å². The highest BCUT2D eigenvalue weighted by Crippen LogP contribution is 2.27. The number of carbonyl (C=O) groups excluding carboxylic acids is 1. The zero-order chi connectivity index (χ0) is 23.8. The van der Waals surface area contributed by atoms with Crippen molar-refractivity contribution >= 4 is 40.2 Å². The minimum atomic E-state index is -0.176. The molecule has 1 aromatic carbocycles. The van der Waals surface area contributed by atoms with E-state index >= 15 is 0 Å². The number of carbonyl (C=O) groups is 1. The van der Waals surface area contributed by atoms with Gasteiger partial charge in [0.2, 0.25) is 5.91 Å². The van der Waals surface area contributed by atoms with Crippen LogP contribution in [0.1, 0.15) is 18.4 Å². The van der Waals surface area contributed by atoms with Crippen LogP contribution in [0.25, 0.3) is 11.2 Å². The smallest absolute Gasteiger partial charge is 0.294 e. The van der Waals surface area contributed by atoms with Crippen LogP contribution in [0.15, 0.2) is 41.3 Å². The molecule has 1 amide bonds. The summed E-state index contributed by atoms with van der Waals surface area (Å²) < 4.78 is 1.54. The molecule has 9 heteroatoms. The summed E-state index contributed by atoms with van der Waals surface area (Å²) in [5.74, 6) is 0.442. The van der Waals surface area contributed by atoms with E-state index in [2.05, 4.69) is 21.8 Å². The molecule has 8 nitrogen and oxygen atoms in total. The lowest BCUT2D eigenvalue weighted by atomic mass is 9.96. The molecule has 0 N–H and O–H groups in total. The number of piperazine rings is 1. The van der Waals surface area contributed by atoms with Gasteiger partial charge in [0.15, 0.2) is 11.5 Å². The Morgan fingerprint density at radius 3 is 2.68 bits per heavy atom. The Morgan fingerprint density at radius 2 is 1.88 bits per heavy atom. The number of halogens is 1. The van der Waals surface area contributed by atoms with Crippen LogP contribution in [-0.4, -0.2) is 64.6 Å². The summed E-state index contributed by atoms with van der Waals surface area (Å²) in [7, 11) is 1.72. The number of hydrogen-bond acceptors (Lipinski definition) is 6. The number of nitrogens with zero attached hydrogens (tertiary/aromatic N) is 6. The van der Waals surface area contributed by atoms with E-state index in [9.17, 15) is 9.59 Å². The number of rotatable bonds is 3. The highest BCUT2D eigenvalue weighted by atomic mass is 35.5. The molecule has 0 bridgehead atoms. The zero-order valence-corrected chi connectivity index (χ0v) is 20.3. The number of hydrogen-bond donors (Lipinski definition) is 0. The molecule has 2 saturated heterocycles. The molecule has 2 aromatic heterocycles. The van der Waals surface area contributed by atoms with E-state index in [1.54, 1.807) is 17.8 Å². The molecule has 34 heavy (non-hydrogen) atoms. The lowest BCUT2D eigenvalue weighted by Crippen LogP contribution is -2.53. The molecule has 178 valence electrons. The second-order valence-corrected chi connectivity index (χ2v) is 9.61. The number of pyridine rings is 1. The Kier molecular flexibility index (Phi) is 6.16. The van der Waals surface area contributed by atoms with Gasteiger partial charge in [-0.15, -0.1) is 0 Å². The summed E-state index contributed by atoms with van der Waals surface area (Å²) in [6, 6.07) is 9.62. The van der Waals surface area contributed by atoms with Crippen LogP contribution in [-0.2, 0) is 11.8 Å². The van der Waals surface area contributed by atoms with E-state index in [0.717, 1.165) is 43.2 Å². The average Bonchev–Trinajstić information content (AvgIpc) is 2.87. The number of piperidine rings is 1. The lowest BCUT2D eigenvalue weighted by Gasteiger charge is -2.40. The van der Waals surface area contributed by atoms with Gasteiger partial charge in [0.25, 0.3) is 5.56 Å². The molecule has 0 saturated carbocycles. The van der Waals surface area contributed by atoms with Crippen LogP contribution >= 0.6 is 11.6 Å². The molecule has 0 unspecified atom stereocenters. The maximum absolute atomic E-state index is 13.4. The van der Waals surface area contributed by atoms with Gasteiger partial charge in [0.05, 0.1) is 5.92 Å². The Hall–Kier alpha value is -3.13. The molecular formula is C25H29ClN6O2. The summed E-state index contributed by atoms with van der Waals surface area (Å²) in [6.07, 6.45) is 3.35. The van der Waals surface area contributed by atoms with Crippen molar-refractivity contribution in [1.29, 1.82) is 0 Å². The largest absolute Gasteiger partial charge is 0.368 e. The van der Waals surface area contributed by atoms with E-state index in [1.165, 1.54) is 5.56 Å². The topological polar surface area (TPSA) is 74.6 Å². The van der Waals surface area contributed by atoms with Gasteiger partial charge in [0.1, 0.15) is 5.52 Å². The van der Waals surface area contributed by atoms with Crippen molar-refractivity contribution in [2.24, 2.45) is 13.0 Å². The number of fused-ring (bicyclic) bond motifs is 1. The summed E-state index contributed by atoms with van der Waals surface area (Å²) in [4.78, 5) is 41.5. The van der Waals surface area contributed by atoms with Crippen LogP contribution in [0.4, 0.5) is 11.5 Å². The predicted molar refractivity (Wildman–Crippen MR) is 135 cm³/mol. The highest BCUT2D eigenvalue weighted by Gasteiger charge is 2.32. The predicted octanol–water partition coefficient (Wildman–Crippen LogP) is 2.86. The maximum Gasteiger partial charge on any atom is 0.294 e. The number of aromatic nitrogens is 3. The first-order valence-electron chi connectivity index (χ1n) is 11.8. The van der Waals surface area contributed by atoms with Crippen molar-refractivity contribution in [3.63, 3.8) is 0 Å². The standard InChI is InChI=1S/C25H29ClN6O2/c1-17-7-8-19(26)15-21(17)30-11-13-31(14-12-30)24(33)18-5-4-10-32(16-18)23-25(34)29(2)22-20(28-23)6-3-9-27-22/h3,6-9,15,18H,4-5,10-14,16H2,1-2H3/t18-/m1/s1. The molecule has 4 heterocycles. The molecule has 2 aliphatic rings. The molecular weight excluding hydrogens is 452 g/mol. The van der Waals surface area contributed by atoms with E-state index in [1.807, 2.05) is 40.1 Å². The monoisotopic (exact) mass is 480 g/mol. The first kappa shape index (κ1) is 22.7.